The fourth-order valence-corrected chi connectivity index (χ4v) is 4.84. The van der Waals surface area contributed by atoms with Gasteiger partial charge in [0.1, 0.15) is 23.4 Å². The van der Waals surface area contributed by atoms with E-state index in [1.165, 1.54) is 11.6 Å². The van der Waals surface area contributed by atoms with Crippen molar-refractivity contribution in [2.75, 3.05) is 4.90 Å². The van der Waals surface area contributed by atoms with E-state index in [9.17, 15) is 4.39 Å². The molecule has 4 nitrogen and oxygen atoms in total. The van der Waals surface area contributed by atoms with Gasteiger partial charge in [0.2, 0.25) is 0 Å². The van der Waals surface area contributed by atoms with Crippen molar-refractivity contribution in [2.45, 2.75) is 25.4 Å². The smallest absolute Gasteiger partial charge is 0.174 e. The van der Waals surface area contributed by atoms with E-state index in [1.54, 1.807) is 24.4 Å². The average Bonchev–Trinajstić information content (AvgIpc) is 3.44. The predicted octanol–water partition coefficient (Wildman–Crippen LogP) is 6.98. The third-order valence-corrected chi connectivity index (χ3v) is 6.64. The topological polar surface area (TPSA) is 41.3 Å². The Bertz CT molecular complexity index is 1290. The molecule has 1 aliphatic rings. The Balaban J connectivity index is 1.59. The third-order valence-electron chi connectivity index (χ3n) is 5.84. The summed E-state index contributed by atoms with van der Waals surface area (Å²) in [4.78, 5) is 6.61. The van der Waals surface area contributed by atoms with E-state index in [0.29, 0.717) is 26.7 Å². The summed E-state index contributed by atoms with van der Waals surface area (Å²) in [5.74, 6) is 0.794. The number of aromatic nitrogens is 1. The maximum atomic E-state index is 14.6. The molecule has 1 saturated heterocycles. The Morgan fingerprint density at radius 2 is 1.91 bits per heavy atom. The van der Waals surface area contributed by atoms with Crippen LogP contribution in [0.1, 0.15) is 36.0 Å². The van der Waals surface area contributed by atoms with E-state index in [4.69, 9.17) is 16.6 Å². The minimum atomic E-state index is -0.348. The number of hydrogen-bond acceptors (Lipinski definition) is 3. The molecule has 0 spiro atoms. The van der Waals surface area contributed by atoms with Gasteiger partial charge < -0.3 is 14.6 Å². The second-order valence-electron chi connectivity index (χ2n) is 7.84. The third kappa shape index (κ3) is 4.18. The lowest BCUT2D eigenvalue weighted by molar-refractivity contribution is 0.438. The number of rotatable bonds is 5. The zero-order chi connectivity index (χ0) is 22.9. The molecule has 4 aromatic rings. The lowest BCUT2D eigenvalue weighted by atomic mass is 10.0. The monoisotopic (exact) mass is 521 g/mol. The van der Waals surface area contributed by atoms with Crippen molar-refractivity contribution >= 4 is 38.9 Å². The van der Waals surface area contributed by atoms with Gasteiger partial charge in [0.05, 0.1) is 17.3 Å². The fraction of sp³-hybridized carbons (Fsp3) is 0.154. The second-order valence-corrected chi connectivity index (χ2v) is 9.15. The Morgan fingerprint density at radius 1 is 1.09 bits per heavy atom. The van der Waals surface area contributed by atoms with E-state index in [2.05, 4.69) is 62.3 Å². The molecule has 0 radical (unpaired) electrons. The molecule has 0 amide bonds. The zero-order valence-corrected chi connectivity index (χ0v) is 20.2. The number of furan rings is 1. The second kappa shape index (κ2) is 9.08. The average molecular weight is 522 g/mol. The molecule has 166 valence electrons. The molecule has 33 heavy (non-hydrogen) atoms. The van der Waals surface area contributed by atoms with Gasteiger partial charge in [0, 0.05) is 16.4 Å². The summed E-state index contributed by atoms with van der Waals surface area (Å²) in [7, 11) is 0. The Hall–Kier alpha value is -3.03. The lowest BCUT2D eigenvalue weighted by Crippen LogP contribution is -2.29. The number of nitrogens with zero attached hydrogens (tertiary/aromatic N) is 2. The highest BCUT2D eigenvalue weighted by Gasteiger charge is 2.42. The van der Waals surface area contributed by atoms with E-state index in [0.717, 1.165) is 17.8 Å². The number of aryl methyl sites for hydroxylation is 1. The molecule has 0 saturated carbocycles. The molecule has 3 heterocycles. The van der Waals surface area contributed by atoms with Crippen LogP contribution < -0.4 is 10.2 Å². The van der Waals surface area contributed by atoms with Crippen molar-refractivity contribution in [2.24, 2.45) is 0 Å². The number of benzene rings is 2. The summed E-state index contributed by atoms with van der Waals surface area (Å²) >= 11 is 9.06. The summed E-state index contributed by atoms with van der Waals surface area (Å²) in [6.07, 6.45) is 2.73. The van der Waals surface area contributed by atoms with Crippen LogP contribution in [-0.4, -0.2) is 10.1 Å². The Labute approximate surface area is 205 Å². The van der Waals surface area contributed by atoms with Crippen molar-refractivity contribution in [1.29, 1.82) is 0 Å². The van der Waals surface area contributed by atoms with Gasteiger partial charge in [-0.05, 0) is 78.8 Å². The van der Waals surface area contributed by atoms with E-state index in [-0.39, 0.29) is 17.9 Å². The van der Waals surface area contributed by atoms with Crippen LogP contribution in [0, 0.1) is 5.82 Å². The normalized spacial score (nSPS) is 17.9. The van der Waals surface area contributed by atoms with Crippen LogP contribution in [0.3, 0.4) is 0 Å². The van der Waals surface area contributed by atoms with Crippen LogP contribution in [-0.2, 0) is 6.42 Å². The highest BCUT2D eigenvalue weighted by Crippen LogP contribution is 2.43. The first kappa shape index (κ1) is 21.8. The molecular weight excluding hydrogens is 501 g/mol. The maximum Gasteiger partial charge on any atom is 0.174 e. The van der Waals surface area contributed by atoms with Crippen molar-refractivity contribution in [3.63, 3.8) is 0 Å². The molecule has 2 atom stereocenters. The van der Waals surface area contributed by atoms with Crippen molar-refractivity contribution < 1.29 is 8.81 Å². The molecule has 2 aromatic heterocycles. The van der Waals surface area contributed by atoms with Crippen LogP contribution in [0.15, 0.2) is 87.9 Å². The standard InChI is InChI=1S/C26H21BrFN3OS/c1-2-16-6-9-18(10-7-16)31-25(24(30-26(31)33)21-5-3-4-14-29-21)23-13-12-22(32-23)19-11-8-17(27)15-20(19)28/h3-15,24-25H,2H2,1H3,(H,30,33)/t24-,25-/m1/s1. The van der Waals surface area contributed by atoms with Gasteiger partial charge in [-0.25, -0.2) is 4.39 Å². The maximum absolute atomic E-state index is 14.6. The fourth-order valence-electron chi connectivity index (χ4n) is 4.16. The van der Waals surface area contributed by atoms with Crippen LogP contribution in [0.2, 0.25) is 0 Å². The number of thiocarbonyl (C=S) groups is 1. The number of pyridine rings is 1. The van der Waals surface area contributed by atoms with Crippen LogP contribution in [0.5, 0.6) is 0 Å². The summed E-state index contributed by atoms with van der Waals surface area (Å²) in [6, 6.07) is 22.3. The Kier molecular flexibility index (Phi) is 6.00. The van der Waals surface area contributed by atoms with Gasteiger partial charge in [0.25, 0.3) is 0 Å². The number of anilines is 1. The van der Waals surface area contributed by atoms with Gasteiger partial charge in [0.15, 0.2) is 5.11 Å². The minimum Gasteiger partial charge on any atom is -0.459 e. The Morgan fingerprint density at radius 3 is 2.61 bits per heavy atom. The summed E-state index contributed by atoms with van der Waals surface area (Å²) < 4.78 is 21.5. The van der Waals surface area contributed by atoms with Crippen molar-refractivity contribution in [3.8, 4) is 11.3 Å². The number of nitrogens with one attached hydrogen (secondary N) is 1. The van der Waals surface area contributed by atoms with Gasteiger partial charge in [-0.15, -0.1) is 0 Å². The highest BCUT2D eigenvalue weighted by atomic mass is 79.9. The van der Waals surface area contributed by atoms with Gasteiger partial charge in [-0.3, -0.25) is 4.98 Å². The molecule has 0 aliphatic carbocycles. The van der Waals surface area contributed by atoms with Crippen molar-refractivity contribution in [3.05, 3.63) is 106 Å². The summed E-state index contributed by atoms with van der Waals surface area (Å²) in [5, 5.41) is 4.01. The first-order chi connectivity index (χ1) is 16.0. The molecule has 0 unspecified atom stereocenters. The minimum absolute atomic E-state index is 0.224. The summed E-state index contributed by atoms with van der Waals surface area (Å²) in [5.41, 5.74) is 3.47. The molecule has 7 heteroatoms. The van der Waals surface area contributed by atoms with Crippen LogP contribution in [0.25, 0.3) is 11.3 Å². The molecule has 5 rings (SSSR count). The van der Waals surface area contributed by atoms with Crippen molar-refractivity contribution in [1.82, 2.24) is 10.3 Å². The predicted molar refractivity (Wildman–Crippen MR) is 136 cm³/mol. The van der Waals surface area contributed by atoms with E-state index >= 15 is 0 Å². The molecular formula is C26H21BrFN3OS. The van der Waals surface area contributed by atoms with Gasteiger partial charge in [-0.1, -0.05) is 41.1 Å². The number of hydrogen-bond donors (Lipinski definition) is 1. The number of halogens is 2. The highest BCUT2D eigenvalue weighted by molar-refractivity contribution is 9.10. The molecule has 1 fully saturated rings. The molecule has 1 N–H and O–H groups in total. The zero-order valence-electron chi connectivity index (χ0n) is 17.8. The van der Waals surface area contributed by atoms with Gasteiger partial charge in [-0.2, -0.15) is 0 Å². The van der Waals surface area contributed by atoms with E-state index < -0.39 is 0 Å². The lowest BCUT2D eigenvalue weighted by Gasteiger charge is -2.26. The first-order valence-corrected chi connectivity index (χ1v) is 11.9. The molecule has 2 aromatic carbocycles. The first-order valence-electron chi connectivity index (χ1n) is 10.7. The van der Waals surface area contributed by atoms with E-state index in [1.807, 2.05) is 24.3 Å². The molecule has 1 aliphatic heterocycles. The largest absolute Gasteiger partial charge is 0.459 e. The van der Waals surface area contributed by atoms with Crippen LogP contribution in [0.4, 0.5) is 10.1 Å². The summed E-state index contributed by atoms with van der Waals surface area (Å²) in [6.45, 7) is 2.13. The van der Waals surface area contributed by atoms with Gasteiger partial charge >= 0.3 is 0 Å². The molecule has 0 bridgehead atoms. The van der Waals surface area contributed by atoms with Crippen LogP contribution >= 0.6 is 28.1 Å². The SMILES string of the molecule is CCc1ccc(N2C(=S)N[C@H](c3ccccn3)[C@H]2c2ccc(-c3ccc(Br)cc3F)o2)cc1. The quantitative estimate of drug-likeness (QED) is 0.287.